The highest BCUT2D eigenvalue weighted by Crippen LogP contribution is 2.39. The lowest BCUT2D eigenvalue weighted by atomic mass is 9.97. The summed E-state index contributed by atoms with van der Waals surface area (Å²) in [6.45, 7) is 25.7. The van der Waals surface area contributed by atoms with E-state index in [9.17, 15) is 19.2 Å². The minimum Gasteiger partial charge on any atom is -0.493 e. The second kappa shape index (κ2) is 15.9. The Balaban J connectivity index is 2.60. The summed E-state index contributed by atoms with van der Waals surface area (Å²) in [6, 6.07) is 0. The van der Waals surface area contributed by atoms with Crippen molar-refractivity contribution in [1.29, 1.82) is 0 Å². The molecule has 13 nitrogen and oxygen atoms in total. The maximum Gasteiger partial charge on any atom is 0.303 e. The first-order valence-electron chi connectivity index (χ1n) is 16.0. The zero-order valence-corrected chi connectivity index (χ0v) is 32.5. The summed E-state index contributed by atoms with van der Waals surface area (Å²) in [7, 11) is -4.61. The molecule has 0 bridgehead atoms. The molecule has 0 aromatic heterocycles. The molecule has 47 heavy (non-hydrogen) atoms. The molecule has 2 aliphatic rings. The summed E-state index contributed by atoms with van der Waals surface area (Å²) in [5, 5.41) is -0.263. The van der Waals surface area contributed by atoms with Gasteiger partial charge in [-0.25, -0.2) is 0 Å². The molecule has 1 unspecified atom stereocenters. The Morgan fingerprint density at radius 3 is 1.49 bits per heavy atom. The Bertz CT molecular complexity index is 1140. The van der Waals surface area contributed by atoms with Gasteiger partial charge in [-0.1, -0.05) is 41.5 Å². The second-order valence-electron chi connectivity index (χ2n) is 15.1. The average molecular weight is 705 g/mol. The van der Waals surface area contributed by atoms with Crippen molar-refractivity contribution in [3.8, 4) is 0 Å². The third kappa shape index (κ3) is 11.4. The lowest BCUT2D eigenvalue weighted by molar-refractivity contribution is -0.327. The Labute approximate surface area is 281 Å². The molecule has 1 fully saturated rings. The summed E-state index contributed by atoms with van der Waals surface area (Å²) in [5.41, 5.74) is 0. The van der Waals surface area contributed by atoms with E-state index in [2.05, 4.69) is 67.7 Å². The standard InChI is InChI=1S/C32H56O13Si2/c1-19(33)40-23-15-16-37-24(17-38-46(11,12)31(5,6)7)26(23)45-30-29(43-22(4)36)28(42-21(3)35)27(41-20(2)34)25(44-30)18-39-47(13,14)32(8,9)10/h15-16,23-30H,17-18H2,1-14H3/t23-,24-,25?,26+,27-,28-,29+,30-/m0/s1. The maximum absolute atomic E-state index is 12.4. The van der Waals surface area contributed by atoms with Crippen LogP contribution in [0.3, 0.4) is 0 Å². The highest BCUT2D eigenvalue weighted by atomic mass is 28.4. The molecule has 2 heterocycles. The largest absolute Gasteiger partial charge is 0.493 e. The molecular weight excluding hydrogens is 649 g/mol. The third-order valence-corrected chi connectivity index (χ3v) is 18.1. The van der Waals surface area contributed by atoms with E-state index in [-0.39, 0.29) is 23.3 Å². The van der Waals surface area contributed by atoms with E-state index < -0.39 is 89.5 Å². The number of carbonyl (C=O) groups excluding carboxylic acids is 4. The lowest BCUT2D eigenvalue weighted by Crippen LogP contribution is -2.65. The van der Waals surface area contributed by atoms with Gasteiger partial charge in [-0.3, -0.25) is 19.2 Å². The van der Waals surface area contributed by atoms with E-state index in [1.165, 1.54) is 40.0 Å². The van der Waals surface area contributed by atoms with Gasteiger partial charge in [-0.15, -0.1) is 0 Å². The number of hydrogen-bond donors (Lipinski definition) is 0. The summed E-state index contributed by atoms with van der Waals surface area (Å²) >= 11 is 0. The fourth-order valence-electron chi connectivity index (χ4n) is 4.49. The maximum atomic E-state index is 12.4. The molecule has 8 atom stereocenters. The van der Waals surface area contributed by atoms with E-state index in [4.69, 9.17) is 42.0 Å². The highest BCUT2D eigenvalue weighted by molar-refractivity contribution is 6.74. The molecule has 0 saturated carbocycles. The van der Waals surface area contributed by atoms with E-state index in [0.29, 0.717) is 0 Å². The molecule has 0 spiro atoms. The molecule has 0 N–H and O–H groups in total. The predicted molar refractivity (Wildman–Crippen MR) is 176 cm³/mol. The van der Waals surface area contributed by atoms with E-state index in [1.807, 2.05) is 0 Å². The van der Waals surface area contributed by atoms with Crippen LogP contribution in [0.2, 0.25) is 36.3 Å². The van der Waals surface area contributed by atoms with Crippen LogP contribution < -0.4 is 0 Å². The first-order valence-corrected chi connectivity index (χ1v) is 21.8. The van der Waals surface area contributed by atoms with Gasteiger partial charge in [0.2, 0.25) is 0 Å². The van der Waals surface area contributed by atoms with Gasteiger partial charge in [0.15, 0.2) is 47.3 Å². The van der Waals surface area contributed by atoms with Crippen molar-refractivity contribution >= 4 is 40.5 Å². The van der Waals surface area contributed by atoms with Gasteiger partial charge in [0.05, 0.1) is 19.5 Å². The quantitative estimate of drug-likeness (QED) is 0.156. The Morgan fingerprint density at radius 1 is 0.617 bits per heavy atom. The predicted octanol–water partition coefficient (Wildman–Crippen LogP) is 4.78. The Morgan fingerprint density at radius 2 is 1.04 bits per heavy atom. The summed E-state index contributed by atoms with van der Waals surface area (Å²) < 4.78 is 54.4. The molecule has 0 aromatic rings. The molecule has 15 heteroatoms. The molecule has 1 saturated heterocycles. The topological polar surface area (TPSA) is 151 Å². The number of hydrogen-bond acceptors (Lipinski definition) is 13. The van der Waals surface area contributed by atoms with Gasteiger partial charge >= 0.3 is 23.9 Å². The van der Waals surface area contributed by atoms with E-state index >= 15 is 0 Å². The molecule has 0 aromatic carbocycles. The number of esters is 4. The van der Waals surface area contributed by atoms with Gasteiger partial charge < -0.3 is 42.0 Å². The second-order valence-corrected chi connectivity index (χ2v) is 24.7. The smallest absolute Gasteiger partial charge is 0.303 e. The van der Waals surface area contributed by atoms with Crippen LogP contribution in [0.15, 0.2) is 12.3 Å². The molecule has 270 valence electrons. The minimum atomic E-state index is -2.36. The minimum absolute atomic E-state index is 0.0504. The molecule has 2 aliphatic heterocycles. The van der Waals surface area contributed by atoms with Crippen molar-refractivity contribution in [2.75, 3.05) is 13.2 Å². The van der Waals surface area contributed by atoms with Crippen molar-refractivity contribution < 1.29 is 61.2 Å². The molecule has 0 amide bonds. The average Bonchev–Trinajstić information content (AvgIpc) is 2.88. The normalized spacial score (nSPS) is 28.6. The first kappa shape index (κ1) is 40.9. The fraction of sp³-hybridized carbons (Fsp3) is 0.812. The van der Waals surface area contributed by atoms with Crippen LogP contribution in [0.5, 0.6) is 0 Å². The molecule has 0 aliphatic carbocycles. The number of ether oxygens (including phenoxy) is 7. The van der Waals surface area contributed by atoms with Crippen molar-refractivity contribution in [2.45, 2.75) is 155 Å². The molecule has 2 rings (SSSR count). The zero-order valence-electron chi connectivity index (χ0n) is 30.5. The number of rotatable bonds is 12. The number of carbonyl (C=O) groups is 4. The van der Waals surface area contributed by atoms with Crippen LogP contribution in [-0.4, -0.2) is 103 Å². The third-order valence-electron chi connectivity index (χ3n) is 9.13. The van der Waals surface area contributed by atoms with Crippen LogP contribution >= 0.6 is 0 Å². The summed E-state index contributed by atoms with van der Waals surface area (Å²) in [4.78, 5) is 49.3. The molecular formula is C32H56O13Si2. The van der Waals surface area contributed by atoms with Crippen molar-refractivity contribution in [3.63, 3.8) is 0 Å². The van der Waals surface area contributed by atoms with Crippen molar-refractivity contribution in [3.05, 3.63) is 12.3 Å². The highest BCUT2D eigenvalue weighted by Gasteiger charge is 2.55. The van der Waals surface area contributed by atoms with Crippen LogP contribution in [0.1, 0.15) is 69.2 Å². The van der Waals surface area contributed by atoms with E-state index in [1.54, 1.807) is 0 Å². The monoisotopic (exact) mass is 704 g/mol. The van der Waals surface area contributed by atoms with Crippen LogP contribution in [0.25, 0.3) is 0 Å². The van der Waals surface area contributed by atoms with Crippen LogP contribution in [0.4, 0.5) is 0 Å². The van der Waals surface area contributed by atoms with Gasteiger partial charge in [-0.05, 0) is 42.3 Å². The van der Waals surface area contributed by atoms with Gasteiger partial charge in [0, 0.05) is 27.7 Å². The Hall–Kier alpha value is -2.31. The van der Waals surface area contributed by atoms with Crippen molar-refractivity contribution in [2.24, 2.45) is 0 Å². The van der Waals surface area contributed by atoms with Crippen LogP contribution in [-0.2, 0) is 61.2 Å². The van der Waals surface area contributed by atoms with Gasteiger partial charge in [0.25, 0.3) is 0 Å². The van der Waals surface area contributed by atoms with E-state index in [0.717, 1.165) is 0 Å². The Kier molecular flexibility index (Phi) is 13.9. The van der Waals surface area contributed by atoms with Gasteiger partial charge in [-0.2, -0.15) is 0 Å². The summed E-state index contributed by atoms with van der Waals surface area (Å²) in [6.07, 6.45) is -6.13. The SMILES string of the molecule is CC(=O)O[C@@H]1[C@@H](OC(C)=O)[C@H](O[C@@H]2[C@@H](OC(C)=O)C=CO[C@H]2CO[Si](C)(C)C(C)(C)C)OC(CO[Si](C)(C)C(C)(C)C)[C@@H]1OC(C)=O. The summed E-state index contributed by atoms with van der Waals surface area (Å²) in [5.74, 6) is -2.67. The zero-order chi connectivity index (χ0) is 36.1. The van der Waals surface area contributed by atoms with Crippen LogP contribution in [0, 0.1) is 0 Å². The van der Waals surface area contributed by atoms with Crippen molar-refractivity contribution in [1.82, 2.24) is 0 Å². The fourth-order valence-corrected chi connectivity index (χ4v) is 6.51. The first-order chi connectivity index (χ1) is 21.4. The van der Waals surface area contributed by atoms with Gasteiger partial charge in [0.1, 0.15) is 18.3 Å². The lowest BCUT2D eigenvalue weighted by Gasteiger charge is -2.47. The molecule has 0 radical (unpaired) electrons.